The summed E-state index contributed by atoms with van der Waals surface area (Å²) < 4.78 is 5.00. The molecular formula is C22H25N3O2. The molecule has 27 heavy (non-hydrogen) atoms. The number of anilines is 1. The number of carbonyl (C=O) groups is 1. The van der Waals surface area contributed by atoms with E-state index >= 15 is 0 Å². The van der Waals surface area contributed by atoms with Gasteiger partial charge in [0.1, 0.15) is 0 Å². The molecule has 1 saturated heterocycles. The smallest absolute Gasteiger partial charge is 0.209 e. The second-order valence-electron chi connectivity index (χ2n) is 6.41. The van der Waals surface area contributed by atoms with E-state index in [0.29, 0.717) is 13.2 Å². The first-order valence-corrected chi connectivity index (χ1v) is 9.23. The highest BCUT2D eigenvalue weighted by molar-refractivity contribution is 5.85. The predicted molar refractivity (Wildman–Crippen MR) is 109 cm³/mol. The zero-order valence-corrected chi connectivity index (χ0v) is 15.6. The van der Waals surface area contributed by atoms with E-state index < -0.39 is 0 Å². The molecule has 4 rings (SSSR count). The van der Waals surface area contributed by atoms with Gasteiger partial charge in [0.05, 0.1) is 24.4 Å². The maximum atomic E-state index is 10.0. The standard InChI is InChI=1S/C17H16N2.C5H9NO2/c1-2-12-11-17(13-7-9-14(18)10-8-13)19-16-6-4-3-5-15(12)16;7-5-6-1-3-8-4-2-6/h3-11H,2,18H2,1H3;5H,1-4H2. The Morgan fingerprint density at radius 1 is 1.11 bits per heavy atom. The first-order chi connectivity index (χ1) is 13.2. The van der Waals surface area contributed by atoms with Crippen LogP contribution in [0.25, 0.3) is 22.2 Å². The number of hydrogen-bond acceptors (Lipinski definition) is 4. The maximum Gasteiger partial charge on any atom is 0.209 e. The first-order valence-electron chi connectivity index (χ1n) is 9.23. The number of pyridine rings is 1. The molecule has 0 unspecified atom stereocenters. The number of fused-ring (bicyclic) bond motifs is 1. The number of aromatic nitrogens is 1. The van der Waals surface area contributed by atoms with Crippen LogP contribution in [-0.4, -0.2) is 42.6 Å². The zero-order valence-electron chi connectivity index (χ0n) is 15.6. The van der Waals surface area contributed by atoms with Gasteiger partial charge in [-0.1, -0.05) is 37.3 Å². The van der Waals surface area contributed by atoms with Gasteiger partial charge in [-0.05, 0) is 36.2 Å². The Labute approximate surface area is 159 Å². The van der Waals surface area contributed by atoms with Gasteiger partial charge in [0.2, 0.25) is 6.41 Å². The summed E-state index contributed by atoms with van der Waals surface area (Å²) in [5.41, 5.74) is 11.0. The van der Waals surface area contributed by atoms with E-state index in [2.05, 4.69) is 31.2 Å². The zero-order chi connectivity index (χ0) is 19.1. The molecule has 1 amide bonds. The van der Waals surface area contributed by atoms with Crippen LogP contribution in [0.4, 0.5) is 5.69 Å². The molecule has 1 aliphatic rings. The highest BCUT2D eigenvalue weighted by Crippen LogP contribution is 2.25. The lowest BCUT2D eigenvalue weighted by Gasteiger charge is -2.21. The quantitative estimate of drug-likeness (QED) is 0.571. The van der Waals surface area contributed by atoms with E-state index in [-0.39, 0.29) is 0 Å². The lowest BCUT2D eigenvalue weighted by Crippen LogP contribution is -2.34. The van der Waals surface area contributed by atoms with E-state index in [1.165, 1.54) is 10.9 Å². The summed E-state index contributed by atoms with van der Waals surface area (Å²) in [4.78, 5) is 16.5. The van der Waals surface area contributed by atoms with Crippen molar-refractivity contribution in [2.75, 3.05) is 32.0 Å². The Bertz CT molecular complexity index is 888. The molecule has 0 spiro atoms. The van der Waals surface area contributed by atoms with Gasteiger partial charge >= 0.3 is 0 Å². The van der Waals surface area contributed by atoms with E-state index in [9.17, 15) is 4.79 Å². The third-order valence-electron chi connectivity index (χ3n) is 4.58. The van der Waals surface area contributed by atoms with Crippen molar-refractivity contribution in [1.29, 1.82) is 0 Å². The molecule has 0 atom stereocenters. The molecule has 2 heterocycles. The molecule has 2 aromatic carbocycles. The number of nitrogens with zero attached hydrogens (tertiary/aromatic N) is 2. The monoisotopic (exact) mass is 363 g/mol. The molecule has 2 N–H and O–H groups in total. The number of ether oxygens (including phenoxy) is 1. The van der Waals surface area contributed by atoms with Crippen LogP contribution < -0.4 is 5.73 Å². The Morgan fingerprint density at radius 2 is 1.81 bits per heavy atom. The number of hydrogen-bond donors (Lipinski definition) is 1. The lowest BCUT2D eigenvalue weighted by atomic mass is 10.0. The van der Waals surface area contributed by atoms with Gasteiger partial charge in [-0.3, -0.25) is 4.79 Å². The normalized spacial score (nSPS) is 13.7. The minimum Gasteiger partial charge on any atom is -0.399 e. The second kappa shape index (κ2) is 9.14. The summed E-state index contributed by atoms with van der Waals surface area (Å²) in [6, 6.07) is 18.3. The van der Waals surface area contributed by atoms with Gasteiger partial charge in [0.25, 0.3) is 0 Å². The molecule has 1 aliphatic heterocycles. The molecule has 0 radical (unpaired) electrons. The van der Waals surface area contributed by atoms with Crippen molar-refractivity contribution in [3.63, 3.8) is 0 Å². The van der Waals surface area contributed by atoms with Crippen molar-refractivity contribution in [1.82, 2.24) is 9.88 Å². The molecule has 0 bridgehead atoms. The summed E-state index contributed by atoms with van der Waals surface area (Å²) in [6.07, 6.45) is 1.87. The average molecular weight is 363 g/mol. The number of benzene rings is 2. The van der Waals surface area contributed by atoms with Crippen LogP contribution in [0.1, 0.15) is 12.5 Å². The van der Waals surface area contributed by atoms with Gasteiger partial charge < -0.3 is 15.4 Å². The number of nitrogens with two attached hydrogens (primary N) is 1. The van der Waals surface area contributed by atoms with Crippen LogP contribution in [0.15, 0.2) is 54.6 Å². The lowest BCUT2D eigenvalue weighted by molar-refractivity contribution is -0.121. The van der Waals surface area contributed by atoms with Gasteiger partial charge in [-0.25, -0.2) is 4.98 Å². The fraction of sp³-hybridized carbons (Fsp3) is 0.273. The largest absolute Gasteiger partial charge is 0.399 e. The summed E-state index contributed by atoms with van der Waals surface area (Å²) in [7, 11) is 0. The van der Waals surface area contributed by atoms with E-state index in [1.54, 1.807) is 4.90 Å². The summed E-state index contributed by atoms with van der Waals surface area (Å²) in [5, 5.41) is 1.24. The number of amides is 1. The molecule has 3 aromatic rings. The summed E-state index contributed by atoms with van der Waals surface area (Å²) in [5.74, 6) is 0. The van der Waals surface area contributed by atoms with Gasteiger partial charge in [-0.2, -0.15) is 0 Å². The maximum absolute atomic E-state index is 10.0. The number of nitrogen functional groups attached to an aromatic ring is 1. The van der Waals surface area contributed by atoms with Crippen molar-refractivity contribution >= 4 is 23.0 Å². The Hall–Kier alpha value is -2.92. The summed E-state index contributed by atoms with van der Waals surface area (Å²) >= 11 is 0. The molecular weight excluding hydrogens is 338 g/mol. The number of morpholine rings is 1. The average Bonchev–Trinajstić information content (AvgIpc) is 2.74. The minimum atomic E-state index is 0.693. The van der Waals surface area contributed by atoms with Crippen molar-refractivity contribution in [3.8, 4) is 11.3 Å². The third kappa shape index (κ3) is 4.83. The molecule has 1 aromatic heterocycles. The fourth-order valence-electron chi connectivity index (χ4n) is 3.02. The first kappa shape index (κ1) is 18.9. The van der Waals surface area contributed by atoms with Crippen LogP contribution in [-0.2, 0) is 16.0 Å². The van der Waals surface area contributed by atoms with Gasteiger partial charge in [0, 0.05) is 29.7 Å². The van der Waals surface area contributed by atoms with Crippen LogP contribution in [0, 0.1) is 0 Å². The van der Waals surface area contributed by atoms with Crippen LogP contribution in [0.5, 0.6) is 0 Å². The number of para-hydroxylation sites is 1. The fourth-order valence-corrected chi connectivity index (χ4v) is 3.02. The van der Waals surface area contributed by atoms with Crippen molar-refractivity contribution < 1.29 is 9.53 Å². The molecule has 5 nitrogen and oxygen atoms in total. The van der Waals surface area contributed by atoms with Gasteiger partial charge in [0.15, 0.2) is 0 Å². The third-order valence-corrected chi connectivity index (χ3v) is 4.58. The van der Waals surface area contributed by atoms with Crippen molar-refractivity contribution in [3.05, 3.63) is 60.2 Å². The highest BCUT2D eigenvalue weighted by Gasteiger charge is 2.06. The molecule has 1 fully saturated rings. The molecule has 140 valence electrons. The number of rotatable bonds is 3. The number of carbonyl (C=O) groups excluding carboxylic acids is 1. The topological polar surface area (TPSA) is 68.5 Å². The second-order valence-corrected chi connectivity index (χ2v) is 6.41. The van der Waals surface area contributed by atoms with Crippen LogP contribution in [0.3, 0.4) is 0 Å². The van der Waals surface area contributed by atoms with Crippen LogP contribution in [0.2, 0.25) is 0 Å². The van der Waals surface area contributed by atoms with Crippen molar-refractivity contribution in [2.24, 2.45) is 0 Å². The Balaban J connectivity index is 0.000000221. The highest BCUT2D eigenvalue weighted by atomic mass is 16.5. The summed E-state index contributed by atoms with van der Waals surface area (Å²) in [6.45, 7) is 5.07. The molecule has 5 heteroatoms. The van der Waals surface area contributed by atoms with E-state index in [4.69, 9.17) is 15.5 Å². The van der Waals surface area contributed by atoms with Crippen LogP contribution >= 0.6 is 0 Å². The van der Waals surface area contributed by atoms with Gasteiger partial charge in [-0.15, -0.1) is 0 Å². The Kier molecular flexibility index (Phi) is 6.39. The molecule has 0 aliphatic carbocycles. The van der Waals surface area contributed by atoms with E-state index in [1.807, 2.05) is 30.3 Å². The predicted octanol–water partition coefficient (Wildman–Crippen LogP) is 3.52. The molecule has 0 saturated carbocycles. The SMILES string of the molecule is CCc1cc(-c2ccc(N)cc2)nc2ccccc12.O=CN1CCOCC1. The van der Waals surface area contributed by atoms with Crippen molar-refractivity contribution in [2.45, 2.75) is 13.3 Å². The van der Waals surface area contributed by atoms with E-state index in [0.717, 1.165) is 48.4 Å². The number of aryl methyl sites for hydroxylation is 1. The Morgan fingerprint density at radius 3 is 2.44 bits per heavy atom. The minimum absolute atomic E-state index is 0.693.